The molecule has 176 valence electrons. The standard InChI is InChI=1S/C25H21F3N2O4/c1-34-19-7-2-4-16(11-19)22(31)29(18-6-3-5-17(12-18)25(26,27)28)13-30-23(32)20-14-8-9-15(10-14)21(20)24(30)33/h2-9,11-12,14-15,20-21H,10,13H2,1H3/t14-,15-,20-,21-/m0/s1. The number of methoxy groups -OCH3 is 1. The van der Waals surface area contributed by atoms with Crippen LogP contribution in [0.3, 0.4) is 0 Å². The number of allylic oxidation sites excluding steroid dienone is 2. The fraction of sp³-hybridized carbons (Fsp3) is 0.320. The van der Waals surface area contributed by atoms with E-state index in [-0.39, 0.29) is 34.9 Å². The summed E-state index contributed by atoms with van der Waals surface area (Å²) in [5.41, 5.74) is -0.856. The Balaban J connectivity index is 1.52. The van der Waals surface area contributed by atoms with Gasteiger partial charge in [-0.15, -0.1) is 0 Å². The Hall–Kier alpha value is -3.62. The van der Waals surface area contributed by atoms with Crippen molar-refractivity contribution in [2.75, 3.05) is 18.7 Å². The quantitative estimate of drug-likeness (QED) is 0.487. The van der Waals surface area contributed by atoms with Crippen LogP contribution in [0.2, 0.25) is 0 Å². The molecule has 9 heteroatoms. The second-order valence-corrected chi connectivity index (χ2v) is 8.76. The molecule has 4 atom stereocenters. The number of halogens is 3. The summed E-state index contributed by atoms with van der Waals surface area (Å²) in [4.78, 5) is 41.9. The average Bonchev–Trinajstić information content (AvgIpc) is 3.51. The molecule has 2 aromatic carbocycles. The number of fused-ring (bicyclic) bond motifs is 5. The van der Waals surface area contributed by atoms with Gasteiger partial charge in [0.25, 0.3) is 5.91 Å². The first-order chi connectivity index (χ1) is 16.2. The first kappa shape index (κ1) is 22.2. The Labute approximate surface area is 193 Å². The number of amides is 3. The second-order valence-electron chi connectivity index (χ2n) is 8.76. The Kier molecular flexibility index (Phi) is 5.22. The van der Waals surface area contributed by atoms with Crippen LogP contribution in [0, 0.1) is 23.7 Å². The third-order valence-corrected chi connectivity index (χ3v) is 6.89. The average molecular weight is 470 g/mol. The van der Waals surface area contributed by atoms with E-state index in [1.807, 2.05) is 12.2 Å². The summed E-state index contributed by atoms with van der Waals surface area (Å²) in [7, 11) is 1.43. The van der Waals surface area contributed by atoms with Crippen LogP contribution >= 0.6 is 0 Å². The summed E-state index contributed by atoms with van der Waals surface area (Å²) < 4.78 is 45.3. The predicted molar refractivity (Wildman–Crippen MR) is 116 cm³/mol. The Morgan fingerprint density at radius 1 is 1.03 bits per heavy atom. The SMILES string of the molecule is COc1cccc(C(=O)N(CN2C(=O)[C@@H]3[C@@H](C2=O)[C@H]2C=C[C@H]3C2)c2cccc(C(F)(F)F)c2)c1. The van der Waals surface area contributed by atoms with Gasteiger partial charge in [-0.25, -0.2) is 0 Å². The topological polar surface area (TPSA) is 66.9 Å². The first-order valence-corrected chi connectivity index (χ1v) is 10.9. The summed E-state index contributed by atoms with van der Waals surface area (Å²) in [6.07, 6.45) is 0.0293. The Morgan fingerprint density at radius 2 is 1.68 bits per heavy atom. The number of carbonyl (C=O) groups is 3. The smallest absolute Gasteiger partial charge is 0.416 e. The molecule has 2 bridgehead atoms. The molecule has 0 spiro atoms. The van der Waals surface area contributed by atoms with Gasteiger partial charge in [-0.2, -0.15) is 13.2 Å². The molecular weight excluding hydrogens is 449 g/mol. The van der Waals surface area contributed by atoms with Crippen LogP contribution in [0.4, 0.5) is 18.9 Å². The van der Waals surface area contributed by atoms with E-state index in [9.17, 15) is 27.6 Å². The van der Waals surface area contributed by atoms with Gasteiger partial charge in [-0.3, -0.25) is 24.2 Å². The third kappa shape index (κ3) is 3.55. The Morgan fingerprint density at radius 3 is 2.29 bits per heavy atom. The minimum atomic E-state index is -4.62. The van der Waals surface area contributed by atoms with Gasteiger partial charge in [-0.05, 0) is 54.7 Å². The lowest BCUT2D eigenvalue weighted by Crippen LogP contribution is -2.45. The molecule has 6 nitrogen and oxygen atoms in total. The number of rotatable bonds is 5. The van der Waals surface area contributed by atoms with Gasteiger partial charge in [0.15, 0.2) is 0 Å². The van der Waals surface area contributed by atoms with Crippen molar-refractivity contribution in [3.8, 4) is 5.75 Å². The number of carbonyl (C=O) groups excluding carboxylic acids is 3. The molecular formula is C25H21F3N2O4. The highest BCUT2D eigenvalue weighted by Crippen LogP contribution is 2.52. The molecule has 0 unspecified atom stereocenters. The zero-order chi connectivity index (χ0) is 24.2. The number of benzene rings is 2. The van der Waals surface area contributed by atoms with Crippen molar-refractivity contribution >= 4 is 23.4 Å². The molecule has 2 aliphatic carbocycles. The van der Waals surface area contributed by atoms with Crippen molar-refractivity contribution in [3.63, 3.8) is 0 Å². The largest absolute Gasteiger partial charge is 0.497 e. The fourth-order valence-corrected chi connectivity index (χ4v) is 5.27. The number of imide groups is 1. The van der Waals surface area contributed by atoms with Crippen molar-refractivity contribution in [2.24, 2.45) is 23.7 Å². The summed E-state index contributed by atoms with van der Waals surface area (Å²) in [5.74, 6) is -2.03. The van der Waals surface area contributed by atoms with E-state index in [1.165, 1.54) is 31.4 Å². The van der Waals surface area contributed by atoms with Gasteiger partial charge in [0.1, 0.15) is 12.4 Å². The highest BCUT2D eigenvalue weighted by atomic mass is 19.4. The maximum atomic E-state index is 13.5. The van der Waals surface area contributed by atoms with Crippen molar-refractivity contribution in [2.45, 2.75) is 12.6 Å². The Bertz CT molecular complexity index is 1180. The number of alkyl halides is 3. The van der Waals surface area contributed by atoms with Crippen LogP contribution in [0.25, 0.3) is 0 Å². The molecule has 5 rings (SSSR count). The fourth-order valence-electron chi connectivity index (χ4n) is 5.27. The van der Waals surface area contributed by atoms with Crippen LogP contribution in [0.1, 0.15) is 22.3 Å². The third-order valence-electron chi connectivity index (χ3n) is 6.89. The van der Waals surface area contributed by atoms with E-state index in [2.05, 4.69) is 0 Å². The molecule has 1 saturated heterocycles. The molecule has 0 radical (unpaired) electrons. The van der Waals surface area contributed by atoms with Crippen molar-refractivity contribution < 1.29 is 32.3 Å². The van der Waals surface area contributed by atoms with E-state index in [0.29, 0.717) is 5.75 Å². The molecule has 3 aliphatic rings. The van der Waals surface area contributed by atoms with E-state index in [1.54, 1.807) is 12.1 Å². The minimum absolute atomic E-state index is 0.0208. The summed E-state index contributed by atoms with van der Waals surface area (Å²) in [5, 5.41) is 0. The van der Waals surface area contributed by atoms with Crippen LogP contribution in [0.5, 0.6) is 5.75 Å². The van der Waals surface area contributed by atoms with Gasteiger partial charge in [0.2, 0.25) is 11.8 Å². The molecule has 1 heterocycles. The number of ether oxygens (including phenoxy) is 1. The monoisotopic (exact) mass is 470 g/mol. The maximum Gasteiger partial charge on any atom is 0.416 e. The van der Waals surface area contributed by atoms with E-state index >= 15 is 0 Å². The van der Waals surface area contributed by atoms with Gasteiger partial charge >= 0.3 is 6.18 Å². The number of likely N-dealkylation sites (tertiary alicyclic amines) is 1. The van der Waals surface area contributed by atoms with E-state index in [4.69, 9.17) is 4.74 Å². The lowest BCUT2D eigenvalue weighted by Gasteiger charge is -2.28. The van der Waals surface area contributed by atoms with Gasteiger partial charge in [-0.1, -0.05) is 24.3 Å². The number of nitrogens with zero attached hydrogens (tertiary/aromatic N) is 2. The van der Waals surface area contributed by atoms with Crippen LogP contribution in [-0.2, 0) is 15.8 Å². The molecule has 1 saturated carbocycles. The van der Waals surface area contributed by atoms with Gasteiger partial charge < -0.3 is 4.74 Å². The second kappa shape index (κ2) is 8.00. The van der Waals surface area contributed by atoms with Crippen LogP contribution in [0.15, 0.2) is 60.7 Å². The van der Waals surface area contributed by atoms with E-state index < -0.39 is 36.2 Å². The summed E-state index contributed by atoms with van der Waals surface area (Å²) in [6.45, 7) is -0.471. The van der Waals surface area contributed by atoms with Crippen molar-refractivity contribution in [1.82, 2.24) is 4.90 Å². The van der Waals surface area contributed by atoms with Crippen LogP contribution in [-0.4, -0.2) is 36.4 Å². The molecule has 2 aromatic rings. The zero-order valence-corrected chi connectivity index (χ0v) is 18.2. The number of anilines is 1. The van der Waals surface area contributed by atoms with Crippen molar-refractivity contribution in [1.29, 1.82) is 0 Å². The number of hydrogen-bond acceptors (Lipinski definition) is 4. The van der Waals surface area contributed by atoms with Gasteiger partial charge in [0, 0.05) is 11.3 Å². The number of hydrogen-bond donors (Lipinski definition) is 0. The minimum Gasteiger partial charge on any atom is -0.497 e. The highest BCUT2D eigenvalue weighted by molar-refractivity contribution is 6.10. The molecule has 1 aliphatic heterocycles. The normalized spacial score (nSPS) is 25.1. The highest BCUT2D eigenvalue weighted by Gasteiger charge is 2.59. The van der Waals surface area contributed by atoms with Crippen LogP contribution < -0.4 is 9.64 Å². The molecule has 0 N–H and O–H groups in total. The summed E-state index contributed by atoms with van der Waals surface area (Å²) in [6, 6.07) is 10.4. The lowest BCUT2D eigenvalue weighted by atomic mass is 9.85. The molecule has 34 heavy (non-hydrogen) atoms. The molecule has 0 aromatic heterocycles. The summed E-state index contributed by atoms with van der Waals surface area (Å²) >= 11 is 0. The molecule has 2 fully saturated rings. The van der Waals surface area contributed by atoms with Gasteiger partial charge in [0.05, 0.1) is 24.5 Å². The first-order valence-electron chi connectivity index (χ1n) is 10.9. The predicted octanol–water partition coefficient (Wildman–Crippen LogP) is 4.13. The maximum absolute atomic E-state index is 13.5. The van der Waals surface area contributed by atoms with E-state index in [0.717, 1.165) is 28.4 Å². The molecule has 3 amide bonds. The lowest BCUT2D eigenvalue weighted by molar-refractivity contribution is -0.141. The van der Waals surface area contributed by atoms with Crippen molar-refractivity contribution in [3.05, 3.63) is 71.8 Å². The zero-order valence-electron chi connectivity index (χ0n) is 18.2.